The summed E-state index contributed by atoms with van der Waals surface area (Å²) < 4.78 is 4.74. The molecular weight excluding hydrogens is 158 g/mol. The monoisotopic (exact) mass is 163 g/mol. The number of carbonyl (C=O) groups excluding carboxylic acids is 1. The van der Waals surface area contributed by atoms with E-state index < -0.39 is 5.91 Å². The Morgan fingerprint density at radius 1 is 1.75 bits per heavy atom. The van der Waals surface area contributed by atoms with Gasteiger partial charge in [0.25, 0.3) is 0 Å². The number of hydrogen-bond donors (Lipinski definition) is 0. The lowest BCUT2D eigenvalue weighted by Crippen LogP contribution is -1.81. The van der Waals surface area contributed by atoms with Crippen LogP contribution in [0, 0.1) is 0 Å². The van der Waals surface area contributed by atoms with Gasteiger partial charge < -0.3 is 4.42 Å². The van der Waals surface area contributed by atoms with Crippen molar-refractivity contribution in [1.82, 2.24) is 0 Å². The standard InChI is InChI=1S/C7H5N3O2/c8-10-9-7(11)2-1-6-3-4-12-5-6/h1-5H. The number of nitrogens with zero attached hydrogens (tertiary/aromatic N) is 3. The summed E-state index contributed by atoms with van der Waals surface area (Å²) >= 11 is 0. The van der Waals surface area contributed by atoms with E-state index in [9.17, 15) is 4.79 Å². The Morgan fingerprint density at radius 3 is 3.17 bits per heavy atom. The Hall–Kier alpha value is -2.00. The zero-order chi connectivity index (χ0) is 8.81. The molecule has 1 amide bonds. The zero-order valence-electron chi connectivity index (χ0n) is 6.04. The lowest BCUT2D eigenvalue weighted by molar-refractivity contribution is -0.113. The van der Waals surface area contributed by atoms with Crippen LogP contribution in [0.15, 0.2) is 34.2 Å². The van der Waals surface area contributed by atoms with Gasteiger partial charge in [-0.15, -0.1) is 0 Å². The van der Waals surface area contributed by atoms with Gasteiger partial charge in [0.15, 0.2) is 0 Å². The molecule has 1 aromatic heterocycles. The van der Waals surface area contributed by atoms with Crippen molar-refractivity contribution in [2.75, 3.05) is 0 Å². The van der Waals surface area contributed by atoms with Crippen LogP contribution in [-0.2, 0) is 4.79 Å². The molecule has 0 aromatic carbocycles. The summed E-state index contributed by atoms with van der Waals surface area (Å²) in [6.45, 7) is 0. The minimum atomic E-state index is -0.626. The third-order valence-electron chi connectivity index (χ3n) is 1.10. The summed E-state index contributed by atoms with van der Waals surface area (Å²) in [7, 11) is 0. The van der Waals surface area contributed by atoms with Crippen LogP contribution in [0.1, 0.15) is 5.56 Å². The van der Waals surface area contributed by atoms with Crippen molar-refractivity contribution in [3.8, 4) is 0 Å². The van der Waals surface area contributed by atoms with Gasteiger partial charge in [-0.2, -0.15) is 0 Å². The van der Waals surface area contributed by atoms with Crippen molar-refractivity contribution in [3.05, 3.63) is 40.7 Å². The molecule has 0 N–H and O–H groups in total. The number of amides is 1. The average Bonchev–Trinajstić information content (AvgIpc) is 2.53. The first-order valence-electron chi connectivity index (χ1n) is 3.12. The van der Waals surface area contributed by atoms with Gasteiger partial charge in [-0.05, 0) is 28.9 Å². The van der Waals surface area contributed by atoms with Crippen LogP contribution in [0.3, 0.4) is 0 Å². The zero-order valence-corrected chi connectivity index (χ0v) is 6.04. The predicted octanol–water partition coefficient (Wildman–Crippen LogP) is 2.13. The van der Waals surface area contributed by atoms with Gasteiger partial charge in [0.2, 0.25) is 5.91 Å². The highest BCUT2D eigenvalue weighted by Crippen LogP contribution is 2.01. The van der Waals surface area contributed by atoms with Gasteiger partial charge >= 0.3 is 0 Å². The molecule has 5 heteroatoms. The number of carbonyl (C=O) groups is 1. The predicted molar refractivity (Wildman–Crippen MR) is 41.9 cm³/mol. The third kappa shape index (κ3) is 2.32. The highest BCUT2D eigenvalue weighted by molar-refractivity contribution is 5.92. The first kappa shape index (κ1) is 8.10. The number of rotatable bonds is 2. The molecule has 60 valence electrons. The van der Waals surface area contributed by atoms with Gasteiger partial charge in [-0.3, -0.25) is 4.79 Å². The first-order chi connectivity index (χ1) is 5.83. The molecule has 0 unspecified atom stereocenters. The van der Waals surface area contributed by atoms with Crippen LogP contribution in [0.25, 0.3) is 16.5 Å². The summed E-state index contributed by atoms with van der Waals surface area (Å²) in [6.07, 6.45) is 5.63. The summed E-state index contributed by atoms with van der Waals surface area (Å²) in [4.78, 5) is 12.9. The van der Waals surface area contributed by atoms with Crippen LogP contribution in [0.4, 0.5) is 0 Å². The van der Waals surface area contributed by atoms with E-state index in [1.54, 1.807) is 6.07 Å². The number of azide groups is 1. The van der Waals surface area contributed by atoms with Crippen LogP contribution in [0.5, 0.6) is 0 Å². The van der Waals surface area contributed by atoms with Crippen LogP contribution in [-0.4, -0.2) is 5.91 Å². The van der Waals surface area contributed by atoms with E-state index in [4.69, 9.17) is 9.95 Å². The van der Waals surface area contributed by atoms with Crippen molar-refractivity contribution in [3.63, 3.8) is 0 Å². The molecule has 1 rings (SSSR count). The lowest BCUT2D eigenvalue weighted by Gasteiger charge is -1.78. The first-order valence-corrected chi connectivity index (χ1v) is 3.12. The van der Waals surface area contributed by atoms with Crippen LogP contribution in [0.2, 0.25) is 0 Å². The van der Waals surface area contributed by atoms with Gasteiger partial charge in [-0.1, -0.05) is 0 Å². The lowest BCUT2D eigenvalue weighted by atomic mass is 10.3. The Labute approximate surface area is 67.9 Å². The minimum Gasteiger partial charge on any atom is -0.472 e. The van der Waals surface area contributed by atoms with Gasteiger partial charge in [0.05, 0.1) is 12.5 Å². The highest BCUT2D eigenvalue weighted by atomic mass is 16.3. The molecule has 0 saturated heterocycles. The quantitative estimate of drug-likeness (QED) is 0.289. The molecule has 0 fully saturated rings. The highest BCUT2D eigenvalue weighted by Gasteiger charge is 1.90. The van der Waals surface area contributed by atoms with Gasteiger partial charge in [-0.25, -0.2) is 0 Å². The molecule has 5 nitrogen and oxygen atoms in total. The fourth-order valence-corrected chi connectivity index (χ4v) is 0.615. The van der Waals surface area contributed by atoms with Crippen LogP contribution < -0.4 is 0 Å². The van der Waals surface area contributed by atoms with Crippen molar-refractivity contribution in [2.24, 2.45) is 5.11 Å². The largest absolute Gasteiger partial charge is 0.472 e. The molecule has 0 aliphatic carbocycles. The SMILES string of the molecule is [N-]=[N+]=NC(=O)C=Cc1ccoc1. The molecule has 1 aromatic rings. The van der Waals surface area contributed by atoms with E-state index in [1.165, 1.54) is 24.7 Å². The number of hydrogen-bond acceptors (Lipinski definition) is 2. The molecule has 0 aliphatic heterocycles. The van der Waals surface area contributed by atoms with E-state index in [0.29, 0.717) is 0 Å². The second kappa shape index (κ2) is 4.00. The van der Waals surface area contributed by atoms with Gasteiger partial charge in [0, 0.05) is 10.5 Å². The molecule has 0 bridgehead atoms. The number of furan rings is 1. The Bertz CT molecular complexity index is 334. The summed E-state index contributed by atoms with van der Waals surface area (Å²) in [5.74, 6) is -0.626. The Balaban J connectivity index is 2.62. The summed E-state index contributed by atoms with van der Waals surface area (Å²) in [5.41, 5.74) is 8.63. The van der Waals surface area contributed by atoms with Gasteiger partial charge in [0.1, 0.15) is 0 Å². The van der Waals surface area contributed by atoms with E-state index in [-0.39, 0.29) is 0 Å². The van der Waals surface area contributed by atoms with E-state index in [1.807, 2.05) is 0 Å². The van der Waals surface area contributed by atoms with E-state index in [0.717, 1.165) is 5.56 Å². The van der Waals surface area contributed by atoms with Crippen LogP contribution >= 0.6 is 0 Å². The Kier molecular flexibility index (Phi) is 2.70. The average molecular weight is 163 g/mol. The summed E-state index contributed by atoms with van der Waals surface area (Å²) in [5, 5.41) is 2.85. The molecule has 0 atom stereocenters. The second-order valence-electron chi connectivity index (χ2n) is 1.92. The maximum absolute atomic E-state index is 10.6. The van der Waals surface area contributed by atoms with Crippen molar-refractivity contribution < 1.29 is 9.21 Å². The normalized spacial score (nSPS) is 9.67. The molecule has 0 spiro atoms. The fraction of sp³-hybridized carbons (Fsp3) is 0. The Morgan fingerprint density at radius 2 is 2.58 bits per heavy atom. The topological polar surface area (TPSA) is 79.0 Å². The molecule has 0 saturated carbocycles. The summed E-state index contributed by atoms with van der Waals surface area (Å²) in [6, 6.07) is 1.68. The molecule has 0 aliphatic rings. The third-order valence-corrected chi connectivity index (χ3v) is 1.10. The minimum absolute atomic E-state index is 0.626. The smallest absolute Gasteiger partial charge is 0.242 e. The van der Waals surface area contributed by atoms with Crippen molar-refractivity contribution in [1.29, 1.82) is 0 Å². The maximum Gasteiger partial charge on any atom is 0.242 e. The fourth-order valence-electron chi connectivity index (χ4n) is 0.615. The molecule has 1 heterocycles. The molecule has 0 radical (unpaired) electrons. The maximum atomic E-state index is 10.6. The molecular formula is C7H5N3O2. The van der Waals surface area contributed by atoms with Crippen molar-refractivity contribution in [2.45, 2.75) is 0 Å². The second-order valence-corrected chi connectivity index (χ2v) is 1.92. The van der Waals surface area contributed by atoms with E-state index >= 15 is 0 Å². The van der Waals surface area contributed by atoms with Crippen molar-refractivity contribution >= 4 is 12.0 Å². The van der Waals surface area contributed by atoms with E-state index in [2.05, 4.69) is 10.0 Å². The molecule has 12 heavy (non-hydrogen) atoms.